The van der Waals surface area contributed by atoms with E-state index in [2.05, 4.69) is 15.9 Å². The molecule has 0 N–H and O–H groups in total. The third-order valence-corrected chi connectivity index (χ3v) is 3.63. The second-order valence-corrected chi connectivity index (χ2v) is 5.64. The molecule has 2 rings (SSSR count). The van der Waals surface area contributed by atoms with Crippen molar-refractivity contribution in [3.8, 4) is 0 Å². The molecule has 1 nitrogen and oxygen atoms in total. The van der Waals surface area contributed by atoms with Gasteiger partial charge in [0, 0.05) is 15.9 Å². The van der Waals surface area contributed by atoms with E-state index in [0.29, 0.717) is 15.1 Å². The Morgan fingerprint density at radius 1 is 1.26 bits per heavy atom. The molecule has 0 spiro atoms. The predicted molar refractivity (Wildman–Crippen MR) is 78.3 cm³/mol. The molecule has 0 atom stereocenters. The van der Waals surface area contributed by atoms with Crippen LogP contribution < -0.4 is 0 Å². The second kappa shape index (κ2) is 5.85. The first-order valence-electron chi connectivity index (χ1n) is 5.70. The Hall–Kier alpha value is -1.19. The van der Waals surface area contributed by atoms with E-state index in [9.17, 15) is 9.18 Å². The van der Waals surface area contributed by atoms with Crippen molar-refractivity contribution in [3.63, 3.8) is 0 Å². The van der Waals surface area contributed by atoms with Gasteiger partial charge in [-0.15, -0.1) is 0 Å². The number of aryl methyl sites for hydroxylation is 1. The van der Waals surface area contributed by atoms with Gasteiger partial charge >= 0.3 is 0 Å². The quantitative estimate of drug-likeness (QED) is 0.720. The standard InChI is InChI=1S/C15H11BrClFO/c1-9-2-3-10(13(17)6-9)7-15(19)12-8-11(16)4-5-14(12)18/h2-6,8H,7H2,1H3. The lowest BCUT2D eigenvalue weighted by atomic mass is 10.0. The minimum absolute atomic E-state index is 0.0750. The highest BCUT2D eigenvalue weighted by Gasteiger charge is 2.14. The molecule has 0 unspecified atom stereocenters. The smallest absolute Gasteiger partial charge is 0.170 e. The van der Waals surface area contributed by atoms with Crippen molar-refractivity contribution in [1.29, 1.82) is 0 Å². The fourth-order valence-electron chi connectivity index (χ4n) is 1.78. The number of hydrogen-bond acceptors (Lipinski definition) is 1. The number of ketones is 1. The largest absolute Gasteiger partial charge is 0.294 e. The van der Waals surface area contributed by atoms with Crippen LogP contribution in [-0.4, -0.2) is 5.78 Å². The molecule has 19 heavy (non-hydrogen) atoms. The molecule has 0 aliphatic heterocycles. The summed E-state index contributed by atoms with van der Waals surface area (Å²) in [6.07, 6.45) is 0.0898. The maximum atomic E-state index is 13.6. The van der Waals surface area contributed by atoms with Crippen molar-refractivity contribution in [2.24, 2.45) is 0 Å². The fraction of sp³-hybridized carbons (Fsp3) is 0.133. The van der Waals surface area contributed by atoms with Crippen LogP contribution in [0.25, 0.3) is 0 Å². The van der Waals surface area contributed by atoms with Crippen molar-refractivity contribution in [2.75, 3.05) is 0 Å². The summed E-state index contributed by atoms with van der Waals surface area (Å²) in [6, 6.07) is 9.79. The van der Waals surface area contributed by atoms with E-state index in [0.717, 1.165) is 5.56 Å². The van der Waals surface area contributed by atoms with E-state index in [1.807, 2.05) is 13.0 Å². The lowest BCUT2D eigenvalue weighted by Gasteiger charge is -2.06. The molecule has 0 amide bonds. The van der Waals surface area contributed by atoms with Crippen LogP contribution in [0.1, 0.15) is 21.5 Å². The fourth-order valence-corrected chi connectivity index (χ4v) is 2.44. The molecular formula is C15H11BrClFO. The number of hydrogen-bond donors (Lipinski definition) is 0. The summed E-state index contributed by atoms with van der Waals surface area (Å²) in [7, 11) is 0. The van der Waals surface area contributed by atoms with Crippen molar-refractivity contribution in [3.05, 3.63) is 68.4 Å². The van der Waals surface area contributed by atoms with Crippen molar-refractivity contribution in [2.45, 2.75) is 13.3 Å². The van der Waals surface area contributed by atoms with Crippen molar-refractivity contribution >= 4 is 33.3 Å². The first-order valence-corrected chi connectivity index (χ1v) is 6.88. The summed E-state index contributed by atoms with van der Waals surface area (Å²) < 4.78 is 14.3. The first kappa shape index (κ1) is 14.2. The number of halogens is 3. The van der Waals surface area contributed by atoms with E-state index < -0.39 is 5.82 Å². The zero-order valence-corrected chi connectivity index (χ0v) is 12.6. The van der Waals surface area contributed by atoms with E-state index in [1.165, 1.54) is 12.1 Å². The summed E-state index contributed by atoms with van der Waals surface area (Å²) in [5, 5.41) is 0.531. The molecule has 0 fully saturated rings. The average molecular weight is 342 g/mol. The van der Waals surface area contributed by atoms with Crippen molar-refractivity contribution in [1.82, 2.24) is 0 Å². The van der Waals surface area contributed by atoms with Gasteiger partial charge in [0.25, 0.3) is 0 Å². The molecule has 0 bridgehead atoms. The lowest BCUT2D eigenvalue weighted by Crippen LogP contribution is -2.06. The Balaban J connectivity index is 2.28. The van der Waals surface area contributed by atoms with Crippen LogP contribution in [0.3, 0.4) is 0 Å². The number of carbonyl (C=O) groups is 1. The maximum absolute atomic E-state index is 13.6. The van der Waals surface area contributed by atoms with Crippen LogP contribution in [-0.2, 0) is 6.42 Å². The van der Waals surface area contributed by atoms with Gasteiger partial charge in [-0.1, -0.05) is 39.7 Å². The molecule has 4 heteroatoms. The molecule has 2 aromatic rings. The van der Waals surface area contributed by atoms with Gasteiger partial charge in [0.1, 0.15) is 5.82 Å². The van der Waals surface area contributed by atoms with E-state index in [-0.39, 0.29) is 17.8 Å². The van der Waals surface area contributed by atoms with Crippen LogP contribution in [0.2, 0.25) is 5.02 Å². The molecule has 98 valence electrons. The summed E-state index contributed by atoms with van der Waals surface area (Å²) in [5.74, 6) is -0.805. The Kier molecular flexibility index (Phi) is 4.38. The minimum Gasteiger partial charge on any atom is -0.294 e. The van der Waals surface area contributed by atoms with E-state index in [1.54, 1.807) is 18.2 Å². The van der Waals surface area contributed by atoms with Gasteiger partial charge in [-0.25, -0.2) is 4.39 Å². The number of rotatable bonds is 3. The maximum Gasteiger partial charge on any atom is 0.170 e. The molecule has 0 aliphatic carbocycles. The van der Waals surface area contributed by atoms with E-state index in [4.69, 9.17) is 11.6 Å². The Morgan fingerprint density at radius 2 is 2.00 bits per heavy atom. The van der Waals surface area contributed by atoms with Gasteiger partial charge in [0.2, 0.25) is 0 Å². The predicted octanol–water partition coefficient (Wildman–Crippen LogP) is 4.98. The molecule has 0 saturated heterocycles. The van der Waals surface area contributed by atoms with E-state index >= 15 is 0 Å². The molecule has 0 heterocycles. The SMILES string of the molecule is Cc1ccc(CC(=O)c2cc(Br)ccc2F)c(Cl)c1. The van der Waals surface area contributed by atoms with Crippen LogP contribution >= 0.6 is 27.5 Å². The third kappa shape index (κ3) is 3.43. The average Bonchev–Trinajstić information content (AvgIpc) is 2.35. The second-order valence-electron chi connectivity index (χ2n) is 4.32. The van der Waals surface area contributed by atoms with Crippen LogP contribution in [0.5, 0.6) is 0 Å². The summed E-state index contributed by atoms with van der Waals surface area (Å²) in [6.45, 7) is 1.92. The Morgan fingerprint density at radius 3 is 2.68 bits per heavy atom. The first-order chi connectivity index (χ1) is 8.97. The number of Topliss-reactive ketones (excluding diaryl/α,β-unsaturated/α-hetero) is 1. The monoisotopic (exact) mass is 340 g/mol. The zero-order chi connectivity index (χ0) is 14.0. The Labute approximate surface area is 124 Å². The van der Waals surface area contributed by atoms with Gasteiger partial charge in [0.15, 0.2) is 5.78 Å². The highest BCUT2D eigenvalue weighted by Crippen LogP contribution is 2.22. The number of benzene rings is 2. The van der Waals surface area contributed by atoms with Gasteiger partial charge in [-0.05, 0) is 42.3 Å². The molecule has 2 aromatic carbocycles. The van der Waals surface area contributed by atoms with Crippen LogP contribution in [0.4, 0.5) is 4.39 Å². The molecule has 0 radical (unpaired) electrons. The molecule has 0 aliphatic rings. The van der Waals surface area contributed by atoms with Crippen LogP contribution in [0, 0.1) is 12.7 Å². The molecule has 0 aromatic heterocycles. The Bertz CT molecular complexity index is 640. The summed E-state index contributed by atoms with van der Waals surface area (Å²) >= 11 is 9.31. The van der Waals surface area contributed by atoms with Gasteiger partial charge < -0.3 is 0 Å². The third-order valence-electron chi connectivity index (χ3n) is 2.79. The zero-order valence-electron chi connectivity index (χ0n) is 10.2. The molecular weight excluding hydrogens is 331 g/mol. The summed E-state index contributed by atoms with van der Waals surface area (Å²) in [5.41, 5.74) is 1.80. The summed E-state index contributed by atoms with van der Waals surface area (Å²) in [4.78, 5) is 12.1. The van der Waals surface area contributed by atoms with Gasteiger partial charge in [-0.3, -0.25) is 4.79 Å². The number of carbonyl (C=O) groups excluding carboxylic acids is 1. The lowest BCUT2D eigenvalue weighted by molar-refractivity contribution is 0.0989. The highest BCUT2D eigenvalue weighted by atomic mass is 79.9. The minimum atomic E-state index is -0.517. The van der Waals surface area contributed by atoms with Crippen LogP contribution in [0.15, 0.2) is 40.9 Å². The highest BCUT2D eigenvalue weighted by molar-refractivity contribution is 9.10. The van der Waals surface area contributed by atoms with Crippen molar-refractivity contribution < 1.29 is 9.18 Å². The van der Waals surface area contributed by atoms with Gasteiger partial charge in [-0.2, -0.15) is 0 Å². The normalized spacial score (nSPS) is 10.5. The molecule has 0 saturated carbocycles. The van der Waals surface area contributed by atoms with Gasteiger partial charge in [0.05, 0.1) is 5.56 Å². The topological polar surface area (TPSA) is 17.1 Å².